The van der Waals surface area contributed by atoms with Crippen molar-refractivity contribution in [2.45, 2.75) is 18.2 Å². The van der Waals surface area contributed by atoms with Gasteiger partial charge in [0.2, 0.25) is 15.8 Å². The average Bonchev–Trinajstić information content (AvgIpc) is 2.92. The number of halogens is 1. The van der Waals surface area contributed by atoms with Crippen molar-refractivity contribution in [3.63, 3.8) is 0 Å². The Labute approximate surface area is 121 Å². The van der Waals surface area contributed by atoms with Gasteiger partial charge in [-0.15, -0.1) is 0 Å². The fourth-order valence-electron chi connectivity index (χ4n) is 2.06. The number of ether oxygens (including phenoxy) is 1. The van der Waals surface area contributed by atoms with Crippen molar-refractivity contribution in [2.75, 3.05) is 19.8 Å². The van der Waals surface area contributed by atoms with Crippen molar-refractivity contribution in [3.8, 4) is 0 Å². The highest BCUT2D eigenvalue weighted by molar-refractivity contribution is 7.89. The summed E-state index contributed by atoms with van der Waals surface area (Å²) in [6, 6.07) is 1.81. The maximum atomic E-state index is 13.6. The molecule has 1 saturated heterocycles. The molecule has 0 aliphatic carbocycles. The molecule has 1 N–H and O–H groups in total. The summed E-state index contributed by atoms with van der Waals surface area (Å²) in [5.41, 5.74) is -0.937. The van der Waals surface area contributed by atoms with Crippen LogP contribution >= 0.6 is 0 Å². The molecular formula is C12H15FN2O5S. The summed E-state index contributed by atoms with van der Waals surface area (Å²) in [6.07, 6.45) is 0.755. The summed E-state index contributed by atoms with van der Waals surface area (Å²) in [5.74, 6) is -0.945. The number of nitrogens with one attached hydrogen (secondary N) is 1. The van der Waals surface area contributed by atoms with Gasteiger partial charge in [0.05, 0.1) is 16.4 Å². The summed E-state index contributed by atoms with van der Waals surface area (Å²) in [5, 5.41) is 10.8. The van der Waals surface area contributed by atoms with Crippen LogP contribution in [0.4, 0.5) is 10.1 Å². The van der Waals surface area contributed by atoms with Crippen LogP contribution in [0.5, 0.6) is 0 Å². The Morgan fingerprint density at radius 2 is 2.24 bits per heavy atom. The maximum Gasteiger partial charge on any atom is 0.306 e. The number of sulfonamides is 1. The maximum absolute atomic E-state index is 13.6. The van der Waals surface area contributed by atoms with E-state index in [4.69, 9.17) is 4.74 Å². The predicted octanol–water partition coefficient (Wildman–Crippen LogP) is 1.36. The van der Waals surface area contributed by atoms with E-state index in [1.165, 1.54) is 6.92 Å². The molecule has 2 rings (SSSR count). The number of hydrogen-bond donors (Lipinski definition) is 1. The number of rotatable bonds is 5. The molecule has 116 valence electrons. The van der Waals surface area contributed by atoms with Gasteiger partial charge in [0, 0.05) is 19.2 Å². The molecule has 1 aromatic carbocycles. The summed E-state index contributed by atoms with van der Waals surface area (Å²) < 4.78 is 45.4. The lowest BCUT2D eigenvalue weighted by Crippen LogP contribution is -2.29. The Morgan fingerprint density at radius 1 is 1.52 bits per heavy atom. The highest BCUT2D eigenvalue weighted by Gasteiger charge is 2.25. The van der Waals surface area contributed by atoms with E-state index < -0.39 is 26.5 Å². The second-order valence-corrected chi connectivity index (χ2v) is 6.68. The van der Waals surface area contributed by atoms with Crippen molar-refractivity contribution < 1.29 is 22.5 Å². The summed E-state index contributed by atoms with van der Waals surface area (Å²) in [4.78, 5) is 9.50. The minimum absolute atomic E-state index is 0.0799. The number of nitrogens with zero attached hydrogens (tertiary/aromatic N) is 1. The first-order chi connectivity index (χ1) is 9.81. The zero-order valence-corrected chi connectivity index (χ0v) is 12.2. The van der Waals surface area contributed by atoms with E-state index in [-0.39, 0.29) is 22.9 Å². The van der Waals surface area contributed by atoms with Gasteiger partial charge in [-0.3, -0.25) is 10.1 Å². The van der Waals surface area contributed by atoms with Gasteiger partial charge in [0.15, 0.2) is 0 Å². The van der Waals surface area contributed by atoms with Gasteiger partial charge in [-0.05, 0) is 30.9 Å². The Kier molecular flexibility index (Phi) is 4.55. The van der Waals surface area contributed by atoms with Crippen LogP contribution in [-0.2, 0) is 14.8 Å². The minimum Gasteiger partial charge on any atom is -0.381 e. The molecule has 0 bridgehead atoms. The topological polar surface area (TPSA) is 98.5 Å². The number of aryl methyl sites for hydroxylation is 1. The molecule has 1 aromatic rings. The lowest BCUT2D eigenvalue weighted by molar-refractivity contribution is -0.387. The summed E-state index contributed by atoms with van der Waals surface area (Å²) in [7, 11) is -3.92. The molecule has 21 heavy (non-hydrogen) atoms. The van der Waals surface area contributed by atoms with Crippen LogP contribution in [0.2, 0.25) is 0 Å². The Balaban J connectivity index is 2.24. The molecule has 7 nitrogen and oxygen atoms in total. The second kappa shape index (κ2) is 6.04. The van der Waals surface area contributed by atoms with Gasteiger partial charge in [-0.2, -0.15) is 4.39 Å². The van der Waals surface area contributed by atoms with Gasteiger partial charge >= 0.3 is 5.69 Å². The van der Waals surface area contributed by atoms with Crippen molar-refractivity contribution >= 4 is 15.7 Å². The fraction of sp³-hybridized carbons (Fsp3) is 0.500. The van der Waals surface area contributed by atoms with Crippen LogP contribution in [0.3, 0.4) is 0 Å². The van der Waals surface area contributed by atoms with Crippen molar-refractivity contribution in [1.29, 1.82) is 0 Å². The molecule has 1 atom stereocenters. The van der Waals surface area contributed by atoms with E-state index in [9.17, 15) is 22.9 Å². The Bertz CT molecular complexity index is 656. The van der Waals surface area contributed by atoms with Crippen LogP contribution in [0, 0.1) is 28.8 Å². The standard InChI is InChI=1S/C12H15FN2O5S/c1-8-4-10(5-11(12(8)13)15(16)17)21(18,19)14-6-9-2-3-20-7-9/h4-5,9,14H,2-3,6-7H2,1H3. The molecule has 0 amide bonds. The summed E-state index contributed by atoms with van der Waals surface area (Å²) >= 11 is 0. The highest BCUT2D eigenvalue weighted by atomic mass is 32.2. The van der Waals surface area contributed by atoms with Crippen LogP contribution in [0.1, 0.15) is 12.0 Å². The summed E-state index contributed by atoms with van der Waals surface area (Å²) in [6.45, 7) is 2.54. The lowest BCUT2D eigenvalue weighted by Gasteiger charge is -2.11. The van der Waals surface area contributed by atoms with E-state index in [1.807, 2.05) is 0 Å². The molecule has 1 aliphatic rings. The second-order valence-electron chi connectivity index (χ2n) is 4.91. The first-order valence-corrected chi connectivity index (χ1v) is 7.81. The third-order valence-electron chi connectivity index (χ3n) is 3.30. The van der Waals surface area contributed by atoms with E-state index in [0.29, 0.717) is 13.2 Å². The zero-order chi connectivity index (χ0) is 15.6. The number of benzene rings is 1. The molecule has 1 heterocycles. The van der Waals surface area contributed by atoms with Crippen molar-refractivity contribution in [1.82, 2.24) is 4.72 Å². The molecule has 1 fully saturated rings. The van der Waals surface area contributed by atoms with E-state index in [0.717, 1.165) is 18.6 Å². The lowest BCUT2D eigenvalue weighted by atomic mass is 10.1. The number of nitro benzene ring substituents is 1. The Hall–Kier alpha value is -1.58. The molecular weight excluding hydrogens is 303 g/mol. The minimum atomic E-state index is -3.92. The first kappa shape index (κ1) is 15.8. The highest BCUT2D eigenvalue weighted by Crippen LogP contribution is 2.25. The van der Waals surface area contributed by atoms with Crippen molar-refractivity contribution in [2.24, 2.45) is 5.92 Å². The van der Waals surface area contributed by atoms with Gasteiger partial charge in [-0.1, -0.05) is 0 Å². The fourth-order valence-corrected chi connectivity index (χ4v) is 3.28. The zero-order valence-electron chi connectivity index (χ0n) is 11.3. The molecule has 0 radical (unpaired) electrons. The smallest absolute Gasteiger partial charge is 0.306 e. The normalized spacial score (nSPS) is 18.9. The van der Waals surface area contributed by atoms with E-state index in [1.54, 1.807) is 0 Å². The van der Waals surface area contributed by atoms with Crippen LogP contribution in [0.25, 0.3) is 0 Å². The van der Waals surface area contributed by atoms with E-state index in [2.05, 4.69) is 4.72 Å². The van der Waals surface area contributed by atoms with Crippen LogP contribution in [-0.4, -0.2) is 33.1 Å². The molecule has 0 aromatic heterocycles. The SMILES string of the molecule is Cc1cc(S(=O)(=O)NCC2CCOC2)cc([N+](=O)[O-])c1F. The first-order valence-electron chi connectivity index (χ1n) is 6.33. The monoisotopic (exact) mass is 318 g/mol. The van der Waals surface area contributed by atoms with E-state index >= 15 is 0 Å². The molecule has 1 aliphatic heterocycles. The van der Waals surface area contributed by atoms with Crippen LogP contribution < -0.4 is 4.72 Å². The number of nitro groups is 1. The Morgan fingerprint density at radius 3 is 2.81 bits per heavy atom. The molecule has 0 saturated carbocycles. The molecule has 1 unspecified atom stereocenters. The predicted molar refractivity (Wildman–Crippen MR) is 71.9 cm³/mol. The van der Waals surface area contributed by atoms with Crippen molar-refractivity contribution in [3.05, 3.63) is 33.6 Å². The van der Waals surface area contributed by atoms with Gasteiger partial charge < -0.3 is 4.74 Å². The largest absolute Gasteiger partial charge is 0.381 e. The molecule has 0 spiro atoms. The third kappa shape index (κ3) is 3.55. The van der Waals surface area contributed by atoms with Crippen LogP contribution in [0.15, 0.2) is 17.0 Å². The number of hydrogen-bond acceptors (Lipinski definition) is 5. The van der Waals surface area contributed by atoms with Gasteiger partial charge in [0.25, 0.3) is 0 Å². The average molecular weight is 318 g/mol. The van der Waals surface area contributed by atoms with Gasteiger partial charge in [0.1, 0.15) is 0 Å². The molecule has 9 heteroatoms. The quantitative estimate of drug-likeness (QED) is 0.653. The third-order valence-corrected chi connectivity index (χ3v) is 4.70. The van der Waals surface area contributed by atoms with Gasteiger partial charge in [-0.25, -0.2) is 13.1 Å².